The van der Waals surface area contributed by atoms with Gasteiger partial charge >= 0.3 is 5.97 Å². The fourth-order valence-corrected chi connectivity index (χ4v) is 3.63. The molecule has 168 valence electrons. The third kappa shape index (κ3) is 4.90. The van der Waals surface area contributed by atoms with Gasteiger partial charge in [-0.3, -0.25) is 4.79 Å². The lowest BCUT2D eigenvalue weighted by atomic mass is 9.96. The van der Waals surface area contributed by atoms with Crippen molar-refractivity contribution in [3.05, 3.63) is 89.8 Å². The second-order valence-electron chi connectivity index (χ2n) is 7.78. The molecule has 6 nitrogen and oxygen atoms in total. The van der Waals surface area contributed by atoms with Crippen LogP contribution in [0.25, 0.3) is 22.2 Å². The monoisotopic (exact) mass is 449 g/mol. The van der Waals surface area contributed by atoms with Crippen molar-refractivity contribution in [3.8, 4) is 11.1 Å². The third-order valence-corrected chi connectivity index (χ3v) is 5.48. The molecule has 1 aromatic heterocycles. The van der Waals surface area contributed by atoms with Gasteiger partial charge in [-0.25, -0.2) is 18.6 Å². The van der Waals surface area contributed by atoms with Gasteiger partial charge in [-0.05, 0) is 42.3 Å². The molecule has 0 bridgehead atoms. The molecule has 1 unspecified atom stereocenters. The number of aromatic nitrogens is 2. The van der Waals surface area contributed by atoms with Crippen LogP contribution in [0.15, 0.2) is 66.7 Å². The number of aliphatic carboxylic acids is 1. The smallest absolute Gasteiger partial charge is 0.326 e. The van der Waals surface area contributed by atoms with E-state index in [0.29, 0.717) is 28.0 Å². The van der Waals surface area contributed by atoms with Crippen molar-refractivity contribution in [1.82, 2.24) is 15.3 Å². The topological polar surface area (TPSA) is 95.1 Å². The Morgan fingerprint density at radius 3 is 2.52 bits per heavy atom. The van der Waals surface area contributed by atoms with Gasteiger partial charge < -0.3 is 15.4 Å². The van der Waals surface area contributed by atoms with E-state index in [4.69, 9.17) is 0 Å². The number of carbonyl (C=O) groups excluding carboxylic acids is 1. The number of nitrogens with zero attached hydrogens (tertiary/aromatic N) is 1. The summed E-state index contributed by atoms with van der Waals surface area (Å²) in [5.74, 6) is -3.20. The minimum absolute atomic E-state index is 0.120. The number of amides is 1. The van der Waals surface area contributed by atoms with E-state index in [0.717, 1.165) is 5.56 Å². The van der Waals surface area contributed by atoms with Crippen LogP contribution in [0.3, 0.4) is 0 Å². The highest BCUT2D eigenvalue weighted by atomic mass is 19.1. The number of hydrogen-bond donors (Lipinski definition) is 3. The molecule has 0 saturated carbocycles. The van der Waals surface area contributed by atoms with Crippen LogP contribution >= 0.6 is 0 Å². The maximum Gasteiger partial charge on any atom is 0.326 e. The first kappa shape index (κ1) is 22.1. The van der Waals surface area contributed by atoms with Crippen molar-refractivity contribution < 1.29 is 23.5 Å². The summed E-state index contributed by atoms with van der Waals surface area (Å²) < 4.78 is 28.1. The van der Waals surface area contributed by atoms with Crippen LogP contribution < -0.4 is 5.32 Å². The molecule has 3 aromatic carbocycles. The van der Waals surface area contributed by atoms with Crippen LogP contribution in [-0.2, 0) is 16.0 Å². The second-order valence-corrected chi connectivity index (χ2v) is 7.78. The molecule has 33 heavy (non-hydrogen) atoms. The standard InChI is InChI=1S/C25H21F2N3O3/c1-14(16-7-9-18(19(27)11-16)15-5-3-2-4-6-15)24(31)30-22(25(32)33)13-23-28-20-10-8-17(26)12-21(20)29-23/h2-12,14,22H,13H2,1H3,(H,28,29)(H,30,31)(H,32,33)/t14?,22-/m1/s1. The summed E-state index contributed by atoms with van der Waals surface area (Å²) in [4.78, 5) is 31.6. The molecule has 2 atom stereocenters. The molecule has 3 N–H and O–H groups in total. The normalized spacial score (nSPS) is 12.9. The molecule has 0 aliphatic rings. The number of nitrogens with one attached hydrogen (secondary N) is 2. The van der Waals surface area contributed by atoms with Crippen molar-refractivity contribution in [1.29, 1.82) is 0 Å². The summed E-state index contributed by atoms with van der Waals surface area (Å²) in [5, 5.41) is 12.1. The Hall–Kier alpha value is -4.07. The summed E-state index contributed by atoms with van der Waals surface area (Å²) >= 11 is 0. The molecule has 0 aliphatic carbocycles. The molecule has 4 rings (SSSR count). The average molecular weight is 449 g/mol. The minimum atomic E-state index is -1.27. The number of carboxylic acid groups (broad SMARTS) is 1. The fraction of sp³-hybridized carbons (Fsp3) is 0.160. The van der Waals surface area contributed by atoms with Gasteiger partial charge in [0.25, 0.3) is 0 Å². The summed E-state index contributed by atoms with van der Waals surface area (Å²) in [5.41, 5.74) is 2.48. The number of aromatic amines is 1. The van der Waals surface area contributed by atoms with Crippen LogP contribution in [0.2, 0.25) is 0 Å². The molecular formula is C25H21F2N3O3. The van der Waals surface area contributed by atoms with Gasteiger partial charge in [-0.15, -0.1) is 0 Å². The van der Waals surface area contributed by atoms with E-state index in [1.54, 1.807) is 31.2 Å². The molecule has 0 spiro atoms. The largest absolute Gasteiger partial charge is 0.480 e. The molecule has 0 fully saturated rings. The molecular weight excluding hydrogens is 428 g/mol. The van der Waals surface area contributed by atoms with E-state index >= 15 is 0 Å². The van der Waals surface area contributed by atoms with Crippen LogP contribution in [0.5, 0.6) is 0 Å². The maximum atomic E-state index is 14.7. The minimum Gasteiger partial charge on any atom is -0.480 e. The summed E-state index contributed by atoms with van der Waals surface area (Å²) in [6.45, 7) is 1.58. The Morgan fingerprint density at radius 2 is 1.82 bits per heavy atom. The number of rotatable bonds is 7. The molecule has 0 aliphatic heterocycles. The molecule has 0 radical (unpaired) electrons. The van der Waals surface area contributed by atoms with Crippen molar-refractivity contribution in [2.24, 2.45) is 0 Å². The lowest BCUT2D eigenvalue weighted by Crippen LogP contribution is -2.44. The van der Waals surface area contributed by atoms with Gasteiger partial charge in [0, 0.05) is 12.0 Å². The highest BCUT2D eigenvalue weighted by Crippen LogP contribution is 2.26. The van der Waals surface area contributed by atoms with Gasteiger partial charge in [-0.1, -0.05) is 42.5 Å². The Kier molecular flexibility index (Phi) is 6.17. The molecule has 1 amide bonds. The number of benzene rings is 3. The Bertz CT molecular complexity index is 1320. The number of carboxylic acids is 1. The van der Waals surface area contributed by atoms with E-state index in [2.05, 4.69) is 15.3 Å². The van der Waals surface area contributed by atoms with Gasteiger partial charge in [0.05, 0.1) is 17.0 Å². The third-order valence-electron chi connectivity index (χ3n) is 5.48. The predicted molar refractivity (Wildman–Crippen MR) is 120 cm³/mol. The first-order chi connectivity index (χ1) is 15.8. The number of fused-ring (bicyclic) bond motifs is 1. The van der Waals surface area contributed by atoms with Crippen molar-refractivity contribution in [3.63, 3.8) is 0 Å². The zero-order chi connectivity index (χ0) is 23.5. The number of hydrogen-bond acceptors (Lipinski definition) is 3. The highest BCUT2D eigenvalue weighted by molar-refractivity contribution is 5.88. The average Bonchev–Trinajstić information content (AvgIpc) is 3.20. The van der Waals surface area contributed by atoms with Crippen LogP contribution in [0.1, 0.15) is 24.2 Å². The zero-order valence-electron chi connectivity index (χ0n) is 17.7. The first-order valence-electron chi connectivity index (χ1n) is 10.3. The van der Waals surface area contributed by atoms with E-state index in [-0.39, 0.29) is 6.42 Å². The Labute approximate surface area is 188 Å². The maximum absolute atomic E-state index is 14.7. The van der Waals surface area contributed by atoms with Gasteiger partial charge in [-0.2, -0.15) is 0 Å². The Morgan fingerprint density at radius 1 is 1.06 bits per heavy atom. The fourth-order valence-electron chi connectivity index (χ4n) is 3.63. The summed E-state index contributed by atoms with van der Waals surface area (Å²) in [7, 11) is 0. The Balaban J connectivity index is 1.48. The number of carbonyl (C=O) groups is 2. The van der Waals surface area contributed by atoms with Crippen molar-refractivity contribution >= 4 is 22.9 Å². The summed E-state index contributed by atoms with van der Waals surface area (Å²) in [6.07, 6.45) is -0.120. The number of imidazole rings is 1. The van der Waals surface area contributed by atoms with E-state index in [9.17, 15) is 23.5 Å². The van der Waals surface area contributed by atoms with Crippen molar-refractivity contribution in [2.45, 2.75) is 25.3 Å². The van der Waals surface area contributed by atoms with Gasteiger partial charge in [0.15, 0.2) is 0 Å². The quantitative estimate of drug-likeness (QED) is 0.389. The number of H-pyrrole nitrogens is 1. The molecule has 0 saturated heterocycles. The molecule has 1 heterocycles. The molecule has 4 aromatic rings. The van der Waals surface area contributed by atoms with E-state index in [1.165, 1.54) is 24.3 Å². The van der Waals surface area contributed by atoms with Crippen LogP contribution in [-0.4, -0.2) is 33.0 Å². The lowest BCUT2D eigenvalue weighted by molar-refractivity contribution is -0.142. The summed E-state index contributed by atoms with van der Waals surface area (Å²) in [6, 6.07) is 16.3. The SMILES string of the molecule is CC(C(=O)N[C@H](Cc1nc2ccc(F)cc2[nH]1)C(=O)O)c1ccc(-c2ccccc2)c(F)c1. The highest BCUT2D eigenvalue weighted by Gasteiger charge is 2.26. The van der Waals surface area contributed by atoms with Gasteiger partial charge in [0.1, 0.15) is 23.5 Å². The second kappa shape index (κ2) is 9.20. The van der Waals surface area contributed by atoms with Crippen LogP contribution in [0, 0.1) is 11.6 Å². The molecule has 8 heteroatoms. The van der Waals surface area contributed by atoms with Crippen molar-refractivity contribution in [2.75, 3.05) is 0 Å². The van der Waals surface area contributed by atoms with Crippen LogP contribution in [0.4, 0.5) is 8.78 Å². The lowest BCUT2D eigenvalue weighted by Gasteiger charge is -2.18. The predicted octanol–water partition coefficient (Wildman–Crippen LogP) is 4.42. The van der Waals surface area contributed by atoms with Gasteiger partial charge in [0.2, 0.25) is 5.91 Å². The zero-order valence-corrected chi connectivity index (χ0v) is 17.7. The van der Waals surface area contributed by atoms with E-state index < -0.39 is 35.5 Å². The number of halogens is 2. The van der Waals surface area contributed by atoms with E-state index in [1.807, 2.05) is 18.2 Å². The first-order valence-corrected chi connectivity index (χ1v) is 10.3.